The van der Waals surface area contributed by atoms with E-state index < -0.39 is 5.41 Å². The molecule has 0 spiro atoms. The Morgan fingerprint density at radius 1 is 1.40 bits per heavy atom. The molecule has 0 unspecified atom stereocenters. The van der Waals surface area contributed by atoms with Crippen LogP contribution in [0.5, 0.6) is 0 Å². The average molecular weight is 305 g/mol. The highest BCUT2D eigenvalue weighted by Crippen LogP contribution is 2.56. The monoisotopic (exact) mass is 304 g/mol. The highest BCUT2D eigenvalue weighted by atomic mass is 35.5. The number of halogens is 2. The fourth-order valence-corrected chi connectivity index (χ4v) is 2.65. The molecule has 1 aliphatic carbocycles. The van der Waals surface area contributed by atoms with Gasteiger partial charge in [-0.15, -0.1) is 0 Å². The van der Waals surface area contributed by atoms with E-state index >= 15 is 0 Å². The number of hydrogen-bond donors (Lipinski definition) is 0. The molecule has 6 heteroatoms. The zero-order chi connectivity index (χ0) is 14.2. The quantitative estimate of drug-likeness (QED) is 0.864. The van der Waals surface area contributed by atoms with Crippen LogP contribution in [-0.2, 0) is 0 Å². The van der Waals surface area contributed by atoms with Crippen LogP contribution < -0.4 is 0 Å². The molecule has 100 valence electrons. The van der Waals surface area contributed by atoms with Crippen LogP contribution in [0, 0.1) is 16.7 Å². The first-order valence-electron chi connectivity index (χ1n) is 6.08. The molecule has 1 aliphatic rings. The second-order valence-electron chi connectivity index (χ2n) is 4.74. The first kappa shape index (κ1) is 13.2. The Bertz CT molecular complexity index is 709. The number of nitriles is 1. The first-order chi connectivity index (χ1) is 9.64. The molecule has 1 aromatic carbocycles. The van der Waals surface area contributed by atoms with Crippen LogP contribution in [-0.4, -0.2) is 14.8 Å². The van der Waals surface area contributed by atoms with Crippen LogP contribution in [0.25, 0.3) is 11.8 Å². The zero-order valence-electron chi connectivity index (χ0n) is 10.4. The van der Waals surface area contributed by atoms with E-state index in [4.69, 9.17) is 23.2 Å². The minimum Gasteiger partial charge on any atom is -0.228 e. The molecule has 2 aromatic rings. The molecule has 1 fully saturated rings. The van der Waals surface area contributed by atoms with Gasteiger partial charge in [-0.3, -0.25) is 0 Å². The SMILES string of the molecule is N#CC1(/C(=C/n2cncn2)c2ccc(Cl)cc2Cl)CC1. The third kappa shape index (κ3) is 2.31. The number of allylic oxidation sites excluding steroid dienone is 1. The van der Waals surface area contributed by atoms with Gasteiger partial charge in [0, 0.05) is 16.2 Å². The summed E-state index contributed by atoms with van der Waals surface area (Å²) >= 11 is 12.2. The molecule has 0 aliphatic heterocycles. The van der Waals surface area contributed by atoms with Crippen LogP contribution >= 0.6 is 23.2 Å². The molecule has 0 atom stereocenters. The van der Waals surface area contributed by atoms with Crippen LogP contribution in [0.3, 0.4) is 0 Å². The van der Waals surface area contributed by atoms with E-state index in [-0.39, 0.29) is 0 Å². The largest absolute Gasteiger partial charge is 0.228 e. The van der Waals surface area contributed by atoms with E-state index in [2.05, 4.69) is 16.2 Å². The smallest absolute Gasteiger partial charge is 0.138 e. The lowest BCUT2D eigenvalue weighted by Crippen LogP contribution is -2.04. The van der Waals surface area contributed by atoms with Crippen LogP contribution in [0.2, 0.25) is 10.0 Å². The Kier molecular flexibility index (Phi) is 3.25. The van der Waals surface area contributed by atoms with Crippen molar-refractivity contribution in [3.8, 4) is 6.07 Å². The summed E-state index contributed by atoms with van der Waals surface area (Å²) in [6.07, 6.45) is 6.48. The van der Waals surface area contributed by atoms with Crippen molar-refractivity contribution < 1.29 is 0 Å². The van der Waals surface area contributed by atoms with Crippen molar-refractivity contribution in [3.05, 3.63) is 46.5 Å². The van der Waals surface area contributed by atoms with Gasteiger partial charge >= 0.3 is 0 Å². The zero-order valence-corrected chi connectivity index (χ0v) is 11.9. The van der Waals surface area contributed by atoms with Gasteiger partial charge in [-0.2, -0.15) is 10.4 Å². The number of nitrogens with zero attached hydrogens (tertiary/aromatic N) is 4. The molecule has 1 heterocycles. The summed E-state index contributed by atoms with van der Waals surface area (Å²) in [5, 5.41) is 14.6. The van der Waals surface area contributed by atoms with Crippen molar-refractivity contribution in [2.24, 2.45) is 5.41 Å². The highest BCUT2D eigenvalue weighted by Gasteiger charge is 2.47. The fourth-order valence-electron chi connectivity index (χ4n) is 2.14. The predicted molar refractivity (Wildman–Crippen MR) is 77.9 cm³/mol. The topological polar surface area (TPSA) is 54.5 Å². The molecule has 20 heavy (non-hydrogen) atoms. The molecule has 3 rings (SSSR count). The van der Waals surface area contributed by atoms with Gasteiger partial charge in [0.1, 0.15) is 12.7 Å². The lowest BCUT2D eigenvalue weighted by atomic mass is 9.91. The molecule has 1 saturated carbocycles. The average Bonchev–Trinajstić information content (AvgIpc) is 3.06. The van der Waals surface area contributed by atoms with Gasteiger partial charge in [-0.1, -0.05) is 29.3 Å². The van der Waals surface area contributed by atoms with E-state index in [0.29, 0.717) is 10.0 Å². The Labute approximate surface area is 126 Å². The number of benzene rings is 1. The summed E-state index contributed by atoms with van der Waals surface area (Å²) in [6, 6.07) is 7.67. The van der Waals surface area contributed by atoms with Crippen LogP contribution in [0.15, 0.2) is 30.9 Å². The standard InChI is InChI=1S/C14H10Cl2N4/c15-10-1-2-11(13(16)5-10)12(14(7-17)3-4-14)6-20-9-18-8-19-20/h1-2,5-6,8-9H,3-4H2/b12-6+. The molecule has 4 nitrogen and oxygen atoms in total. The van der Waals surface area contributed by atoms with Crippen molar-refractivity contribution in [3.63, 3.8) is 0 Å². The van der Waals surface area contributed by atoms with E-state index in [1.165, 1.54) is 6.33 Å². The second-order valence-corrected chi connectivity index (χ2v) is 5.58. The summed E-state index contributed by atoms with van der Waals surface area (Å²) in [4.78, 5) is 3.90. The third-order valence-electron chi connectivity index (χ3n) is 3.40. The van der Waals surface area contributed by atoms with E-state index in [9.17, 15) is 5.26 Å². The summed E-state index contributed by atoms with van der Waals surface area (Å²) in [6.45, 7) is 0. The summed E-state index contributed by atoms with van der Waals surface area (Å²) in [5.74, 6) is 0. The van der Waals surface area contributed by atoms with Gasteiger partial charge in [-0.25, -0.2) is 9.67 Å². The van der Waals surface area contributed by atoms with Gasteiger partial charge in [0.25, 0.3) is 0 Å². The second kappa shape index (κ2) is 4.93. The number of hydrogen-bond acceptors (Lipinski definition) is 3. The summed E-state index contributed by atoms with van der Waals surface area (Å²) < 4.78 is 1.58. The maximum absolute atomic E-state index is 9.46. The summed E-state index contributed by atoms with van der Waals surface area (Å²) in [7, 11) is 0. The van der Waals surface area contributed by atoms with Crippen LogP contribution in [0.1, 0.15) is 18.4 Å². The Hall–Kier alpha value is -1.83. The fraction of sp³-hybridized carbons (Fsp3) is 0.214. The van der Waals surface area contributed by atoms with Gasteiger partial charge in [0.05, 0.1) is 11.5 Å². The Morgan fingerprint density at radius 2 is 2.20 bits per heavy atom. The molecule has 0 radical (unpaired) electrons. The van der Waals surface area contributed by atoms with E-state index in [0.717, 1.165) is 24.0 Å². The molecule has 1 aromatic heterocycles. The molecule has 0 N–H and O–H groups in total. The number of rotatable bonds is 3. The van der Waals surface area contributed by atoms with Crippen molar-refractivity contribution in [2.45, 2.75) is 12.8 Å². The first-order valence-corrected chi connectivity index (χ1v) is 6.83. The molecule has 0 bridgehead atoms. The molecule has 0 saturated heterocycles. The van der Waals surface area contributed by atoms with Gasteiger partial charge in [-0.05, 0) is 36.1 Å². The predicted octanol–water partition coefficient (Wildman–Crippen LogP) is 3.89. The van der Waals surface area contributed by atoms with Gasteiger partial charge in [0.15, 0.2) is 0 Å². The summed E-state index contributed by atoms with van der Waals surface area (Å²) in [5.41, 5.74) is 1.18. The van der Waals surface area contributed by atoms with E-state index in [1.807, 2.05) is 6.07 Å². The van der Waals surface area contributed by atoms with Gasteiger partial charge < -0.3 is 0 Å². The minimum absolute atomic E-state index is 0.483. The maximum Gasteiger partial charge on any atom is 0.138 e. The minimum atomic E-state index is -0.483. The molecular weight excluding hydrogens is 295 g/mol. The van der Waals surface area contributed by atoms with Crippen molar-refractivity contribution in [2.75, 3.05) is 0 Å². The van der Waals surface area contributed by atoms with Gasteiger partial charge in [0.2, 0.25) is 0 Å². The highest BCUT2D eigenvalue weighted by molar-refractivity contribution is 6.35. The number of aromatic nitrogens is 3. The lowest BCUT2D eigenvalue weighted by molar-refractivity contribution is 0.879. The van der Waals surface area contributed by atoms with Crippen molar-refractivity contribution in [1.29, 1.82) is 5.26 Å². The van der Waals surface area contributed by atoms with Crippen LogP contribution in [0.4, 0.5) is 0 Å². The van der Waals surface area contributed by atoms with E-state index in [1.54, 1.807) is 29.3 Å². The Morgan fingerprint density at radius 3 is 2.75 bits per heavy atom. The third-order valence-corrected chi connectivity index (χ3v) is 3.95. The molecule has 0 amide bonds. The van der Waals surface area contributed by atoms with Crippen molar-refractivity contribution in [1.82, 2.24) is 14.8 Å². The van der Waals surface area contributed by atoms with Crippen molar-refractivity contribution >= 4 is 35.0 Å². The normalized spacial score (nSPS) is 16.8. The lowest BCUT2D eigenvalue weighted by Gasteiger charge is -2.14. The Balaban J connectivity index is 2.14. The maximum atomic E-state index is 9.46. The molecular formula is C14H10Cl2N4.